The molecular weight excluding hydrogens is 298 g/mol. The molecule has 0 heterocycles. The van der Waals surface area contributed by atoms with Crippen molar-refractivity contribution in [1.29, 1.82) is 0 Å². The zero-order chi connectivity index (χ0) is 15.6. The molecule has 0 spiro atoms. The lowest BCUT2D eigenvalue weighted by Gasteiger charge is -2.23. The highest BCUT2D eigenvalue weighted by atomic mass is 35.7. The van der Waals surface area contributed by atoms with E-state index in [1.54, 1.807) is 12.1 Å². The fraction of sp³-hybridized carbons (Fsp3) is 0.571. The van der Waals surface area contributed by atoms with Crippen molar-refractivity contribution in [1.82, 2.24) is 4.90 Å². The maximum atomic E-state index is 11.4. The molecule has 4 nitrogen and oxygen atoms in total. The Morgan fingerprint density at radius 2 is 1.85 bits per heavy atom. The van der Waals surface area contributed by atoms with Gasteiger partial charge >= 0.3 is 0 Å². The SMILES string of the molecule is CN(C)CCOc1ccc(S(=O)(=O)Cl)cc1C(C)(C)C. The molecule has 0 bridgehead atoms. The van der Waals surface area contributed by atoms with Crippen molar-refractivity contribution in [3.8, 4) is 5.75 Å². The predicted molar refractivity (Wildman–Crippen MR) is 82.2 cm³/mol. The van der Waals surface area contributed by atoms with Crippen LogP contribution in [0.1, 0.15) is 26.3 Å². The lowest BCUT2D eigenvalue weighted by atomic mass is 9.86. The second-order valence-corrected chi connectivity index (χ2v) is 8.56. The molecule has 1 aromatic carbocycles. The van der Waals surface area contributed by atoms with Crippen molar-refractivity contribution in [3.63, 3.8) is 0 Å². The molecule has 20 heavy (non-hydrogen) atoms. The lowest BCUT2D eigenvalue weighted by Crippen LogP contribution is -2.21. The van der Waals surface area contributed by atoms with Gasteiger partial charge in [0.25, 0.3) is 9.05 Å². The van der Waals surface area contributed by atoms with E-state index in [1.165, 1.54) is 6.07 Å². The van der Waals surface area contributed by atoms with Crippen LogP contribution in [0, 0.1) is 0 Å². The third-order valence-electron chi connectivity index (χ3n) is 2.84. The first-order valence-electron chi connectivity index (χ1n) is 6.38. The summed E-state index contributed by atoms with van der Waals surface area (Å²) in [6.45, 7) is 7.35. The van der Waals surface area contributed by atoms with Gasteiger partial charge in [-0.25, -0.2) is 8.42 Å². The minimum Gasteiger partial charge on any atom is -0.492 e. The highest BCUT2D eigenvalue weighted by Gasteiger charge is 2.22. The summed E-state index contributed by atoms with van der Waals surface area (Å²) in [6.07, 6.45) is 0. The van der Waals surface area contributed by atoms with Crippen LogP contribution in [0.5, 0.6) is 5.75 Å². The Bertz CT molecular complexity index is 562. The van der Waals surface area contributed by atoms with Gasteiger partial charge in [0.1, 0.15) is 12.4 Å². The molecule has 6 heteroatoms. The molecule has 114 valence electrons. The molecule has 1 aromatic rings. The van der Waals surface area contributed by atoms with Gasteiger partial charge in [0.15, 0.2) is 0 Å². The Kier molecular flexibility index (Phi) is 5.46. The molecule has 0 saturated carbocycles. The summed E-state index contributed by atoms with van der Waals surface area (Å²) in [4.78, 5) is 2.12. The minimum atomic E-state index is -3.73. The van der Waals surface area contributed by atoms with Crippen molar-refractivity contribution in [3.05, 3.63) is 23.8 Å². The normalized spacial score (nSPS) is 12.8. The van der Waals surface area contributed by atoms with Crippen LogP contribution in [0.15, 0.2) is 23.1 Å². The Hall–Kier alpha value is -0.780. The molecule has 1 rings (SSSR count). The molecule has 0 unspecified atom stereocenters. The summed E-state index contributed by atoms with van der Waals surface area (Å²) in [5.74, 6) is 0.698. The monoisotopic (exact) mass is 319 g/mol. The Labute approximate surface area is 126 Å². The molecule has 0 N–H and O–H groups in total. The van der Waals surface area contributed by atoms with Crippen LogP contribution in [-0.4, -0.2) is 40.6 Å². The quantitative estimate of drug-likeness (QED) is 0.783. The number of rotatable bonds is 5. The zero-order valence-electron chi connectivity index (χ0n) is 12.6. The lowest BCUT2D eigenvalue weighted by molar-refractivity contribution is 0.256. The van der Waals surface area contributed by atoms with E-state index in [4.69, 9.17) is 15.4 Å². The highest BCUT2D eigenvalue weighted by Crippen LogP contribution is 2.34. The van der Waals surface area contributed by atoms with Crippen molar-refractivity contribution < 1.29 is 13.2 Å². The van der Waals surface area contributed by atoms with Crippen LogP contribution in [0.2, 0.25) is 0 Å². The molecule has 0 aliphatic heterocycles. The first-order chi connectivity index (χ1) is 9.01. The van der Waals surface area contributed by atoms with Gasteiger partial charge in [-0.1, -0.05) is 20.8 Å². The van der Waals surface area contributed by atoms with Crippen LogP contribution < -0.4 is 4.74 Å². The second-order valence-electron chi connectivity index (χ2n) is 6.00. The maximum absolute atomic E-state index is 11.4. The van der Waals surface area contributed by atoms with Gasteiger partial charge in [-0.3, -0.25) is 0 Å². The number of halogens is 1. The first-order valence-corrected chi connectivity index (χ1v) is 8.69. The zero-order valence-corrected chi connectivity index (χ0v) is 14.2. The van der Waals surface area contributed by atoms with E-state index in [-0.39, 0.29) is 10.3 Å². The fourth-order valence-electron chi connectivity index (χ4n) is 1.71. The van der Waals surface area contributed by atoms with Crippen molar-refractivity contribution in [2.45, 2.75) is 31.1 Å². The fourth-order valence-corrected chi connectivity index (χ4v) is 2.49. The number of hydrogen-bond donors (Lipinski definition) is 0. The standard InChI is InChI=1S/C14H22ClNO3S/c1-14(2,3)12-10-11(20(15,17)18)6-7-13(12)19-9-8-16(4)5/h6-7,10H,8-9H2,1-5H3. The molecular formula is C14H22ClNO3S. The minimum absolute atomic E-state index is 0.101. The molecule has 0 saturated heterocycles. The molecule has 0 atom stereocenters. The molecule has 0 fully saturated rings. The van der Waals surface area contributed by atoms with E-state index in [2.05, 4.69) is 0 Å². The average molecular weight is 320 g/mol. The van der Waals surface area contributed by atoms with E-state index in [9.17, 15) is 8.42 Å². The third-order valence-corrected chi connectivity index (χ3v) is 4.19. The summed E-state index contributed by atoms with van der Waals surface area (Å²) in [5, 5.41) is 0. The van der Waals surface area contributed by atoms with Crippen LogP contribution in [0.3, 0.4) is 0 Å². The Morgan fingerprint density at radius 3 is 2.30 bits per heavy atom. The Balaban J connectivity index is 3.12. The van der Waals surface area contributed by atoms with E-state index in [0.717, 1.165) is 12.1 Å². The van der Waals surface area contributed by atoms with Crippen molar-refractivity contribution in [2.75, 3.05) is 27.2 Å². The van der Waals surface area contributed by atoms with E-state index in [1.807, 2.05) is 39.8 Å². The molecule has 0 aliphatic carbocycles. The molecule has 0 aliphatic rings. The van der Waals surface area contributed by atoms with Gasteiger partial charge in [-0.2, -0.15) is 0 Å². The third kappa shape index (κ3) is 4.96. The van der Waals surface area contributed by atoms with E-state index >= 15 is 0 Å². The van der Waals surface area contributed by atoms with Crippen molar-refractivity contribution >= 4 is 19.7 Å². The van der Waals surface area contributed by atoms with Crippen LogP contribution in [0.4, 0.5) is 0 Å². The topological polar surface area (TPSA) is 46.6 Å². The number of benzene rings is 1. The van der Waals surface area contributed by atoms with Crippen LogP contribution in [-0.2, 0) is 14.5 Å². The van der Waals surface area contributed by atoms with E-state index < -0.39 is 9.05 Å². The number of likely N-dealkylation sites (N-methyl/N-ethyl adjacent to an activating group) is 1. The van der Waals surface area contributed by atoms with Gasteiger partial charge in [-0.05, 0) is 37.7 Å². The molecule has 0 radical (unpaired) electrons. The van der Waals surface area contributed by atoms with Gasteiger partial charge in [0, 0.05) is 22.8 Å². The summed E-state index contributed by atoms with van der Waals surface area (Å²) in [7, 11) is 5.61. The molecule has 0 aromatic heterocycles. The predicted octanol–water partition coefficient (Wildman–Crippen LogP) is 2.85. The first kappa shape index (κ1) is 17.3. The van der Waals surface area contributed by atoms with Crippen LogP contribution in [0.25, 0.3) is 0 Å². The summed E-state index contributed by atoms with van der Waals surface area (Å²) in [6, 6.07) is 4.74. The van der Waals surface area contributed by atoms with Gasteiger partial charge < -0.3 is 9.64 Å². The molecule has 0 amide bonds. The smallest absolute Gasteiger partial charge is 0.261 e. The van der Waals surface area contributed by atoms with Gasteiger partial charge in [0.2, 0.25) is 0 Å². The average Bonchev–Trinajstić information content (AvgIpc) is 2.25. The van der Waals surface area contributed by atoms with Gasteiger partial charge in [-0.15, -0.1) is 0 Å². The number of nitrogens with zero attached hydrogens (tertiary/aromatic N) is 1. The number of ether oxygens (including phenoxy) is 1. The number of hydrogen-bond acceptors (Lipinski definition) is 4. The largest absolute Gasteiger partial charge is 0.492 e. The van der Waals surface area contributed by atoms with Gasteiger partial charge in [0.05, 0.1) is 4.90 Å². The Morgan fingerprint density at radius 1 is 1.25 bits per heavy atom. The maximum Gasteiger partial charge on any atom is 0.261 e. The van der Waals surface area contributed by atoms with Crippen molar-refractivity contribution in [2.24, 2.45) is 0 Å². The summed E-state index contributed by atoms with van der Waals surface area (Å²) in [5.41, 5.74) is 0.600. The highest BCUT2D eigenvalue weighted by molar-refractivity contribution is 8.13. The van der Waals surface area contributed by atoms with Crippen LogP contribution >= 0.6 is 10.7 Å². The second kappa shape index (κ2) is 6.33. The summed E-state index contributed by atoms with van der Waals surface area (Å²) < 4.78 is 28.7. The summed E-state index contributed by atoms with van der Waals surface area (Å²) >= 11 is 0. The van der Waals surface area contributed by atoms with E-state index in [0.29, 0.717) is 12.4 Å².